The van der Waals surface area contributed by atoms with Gasteiger partial charge in [-0.1, -0.05) is 39.0 Å². The van der Waals surface area contributed by atoms with Crippen molar-refractivity contribution in [2.45, 2.75) is 45.8 Å². The van der Waals surface area contributed by atoms with E-state index in [9.17, 15) is 0 Å². The second kappa shape index (κ2) is 5.62. The Morgan fingerprint density at radius 1 is 1.00 bits per heavy atom. The summed E-state index contributed by atoms with van der Waals surface area (Å²) in [6, 6.07) is 10.8. The third-order valence-corrected chi connectivity index (χ3v) is 9.18. The van der Waals surface area contributed by atoms with E-state index in [0.717, 1.165) is 5.75 Å². The zero-order valence-electron chi connectivity index (χ0n) is 15.2. The SMILES string of the molecule is Cc1cccc2c(O[Si](C)(C)C(C)(C)C)ccc(N(C)C)c12. The lowest BCUT2D eigenvalue weighted by Crippen LogP contribution is -2.43. The predicted octanol–water partition coefficient (Wildman–Crippen LogP) is 5.60. The van der Waals surface area contributed by atoms with Gasteiger partial charge in [-0.25, -0.2) is 0 Å². The monoisotopic (exact) mass is 315 g/mol. The molecule has 0 aliphatic heterocycles. The molecule has 0 aliphatic carbocycles. The van der Waals surface area contributed by atoms with Crippen molar-refractivity contribution in [3.63, 3.8) is 0 Å². The first-order valence-corrected chi connectivity index (χ1v) is 10.8. The quantitative estimate of drug-likeness (QED) is 0.684. The molecular formula is C19H29NOSi. The Bertz CT molecular complexity index is 684. The molecular weight excluding hydrogens is 286 g/mol. The fraction of sp³-hybridized carbons (Fsp3) is 0.474. The lowest BCUT2D eigenvalue weighted by molar-refractivity contribution is 0.496. The van der Waals surface area contributed by atoms with Crippen LogP contribution in [0, 0.1) is 6.92 Å². The van der Waals surface area contributed by atoms with Gasteiger partial charge in [0.1, 0.15) is 5.75 Å². The molecule has 0 aromatic heterocycles. The summed E-state index contributed by atoms with van der Waals surface area (Å²) in [6.07, 6.45) is 0. The summed E-state index contributed by atoms with van der Waals surface area (Å²) in [5, 5.41) is 2.71. The van der Waals surface area contributed by atoms with Gasteiger partial charge in [0.05, 0.1) is 0 Å². The van der Waals surface area contributed by atoms with Crippen molar-refractivity contribution in [1.29, 1.82) is 0 Å². The number of hydrogen-bond acceptors (Lipinski definition) is 2. The first kappa shape index (κ1) is 16.9. The Labute approximate surface area is 136 Å². The fourth-order valence-electron chi connectivity index (χ4n) is 2.43. The number of hydrogen-bond donors (Lipinski definition) is 0. The molecule has 0 saturated heterocycles. The van der Waals surface area contributed by atoms with E-state index in [0.29, 0.717) is 0 Å². The zero-order chi connectivity index (χ0) is 16.7. The molecule has 2 aromatic rings. The Hall–Kier alpha value is -1.48. The average Bonchev–Trinajstić information content (AvgIpc) is 2.37. The molecule has 0 aliphatic rings. The molecule has 0 radical (unpaired) electrons. The van der Waals surface area contributed by atoms with Crippen LogP contribution in [0.2, 0.25) is 18.1 Å². The van der Waals surface area contributed by atoms with Crippen LogP contribution < -0.4 is 9.33 Å². The van der Waals surface area contributed by atoms with Crippen molar-refractivity contribution in [3.05, 3.63) is 35.9 Å². The van der Waals surface area contributed by atoms with Gasteiger partial charge >= 0.3 is 0 Å². The molecule has 0 fully saturated rings. The summed E-state index contributed by atoms with van der Waals surface area (Å²) in [7, 11) is 2.35. The van der Waals surface area contributed by atoms with Crippen LogP contribution in [0.1, 0.15) is 26.3 Å². The van der Waals surface area contributed by atoms with Gasteiger partial charge in [0.2, 0.25) is 0 Å². The van der Waals surface area contributed by atoms with E-state index in [4.69, 9.17) is 4.43 Å². The van der Waals surface area contributed by atoms with Crippen LogP contribution in [-0.4, -0.2) is 22.4 Å². The molecule has 0 spiro atoms. The van der Waals surface area contributed by atoms with E-state index in [-0.39, 0.29) is 5.04 Å². The summed E-state index contributed by atoms with van der Waals surface area (Å²) >= 11 is 0. The van der Waals surface area contributed by atoms with Crippen LogP contribution in [0.15, 0.2) is 30.3 Å². The Balaban J connectivity index is 2.63. The predicted molar refractivity (Wildman–Crippen MR) is 101 cm³/mol. The molecule has 0 N–H and O–H groups in total. The number of rotatable bonds is 3. The summed E-state index contributed by atoms with van der Waals surface area (Å²) in [6.45, 7) is 13.6. The molecule has 0 amide bonds. The van der Waals surface area contributed by atoms with E-state index in [1.54, 1.807) is 0 Å². The highest BCUT2D eigenvalue weighted by molar-refractivity contribution is 6.74. The second-order valence-electron chi connectivity index (χ2n) is 7.84. The van der Waals surface area contributed by atoms with Crippen molar-refractivity contribution in [2.75, 3.05) is 19.0 Å². The zero-order valence-corrected chi connectivity index (χ0v) is 16.2. The third-order valence-electron chi connectivity index (χ3n) is 4.84. The largest absolute Gasteiger partial charge is 0.543 e. The molecule has 2 nitrogen and oxygen atoms in total. The lowest BCUT2D eigenvalue weighted by Gasteiger charge is -2.37. The van der Waals surface area contributed by atoms with Crippen LogP contribution in [0.4, 0.5) is 5.69 Å². The van der Waals surface area contributed by atoms with Gasteiger partial charge in [0.25, 0.3) is 8.32 Å². The fourth-order valence-corrected chi connectivity index (χ4v) is 3.46. The van der Waals surface area contributed by atoms with Crippen LogP contribution in [0.5, 0.6) is 5.75 Å². The Kier molecular flexibility index (Phi) is 4.31. The molecule has 2 aromatic carbocycles. The van der Waals surface area contributed by atoms with Gasteiger partial charge in [-0.2, -0.15) is 0 Å². The van der Waals surface area contributed by atoms with Gasteiger partial charge < -0.3 is 9.33 Å². The molecule has 0 unspecified atom stereocenters. The maximum atomic E-state index is 6.59. The van der Waals surface area contributed by atoms with Gasteiger partial charge in [0, 0.05) is 30.6 Å². The number of anilines is 1. The van der Waals surface area contributed by atoms with Gasteiger partial charge in [-0.05, 0) is 42.8 Å². The van der Waals surface area contributed by atoms with E-state index < -0.39 is 8.32 Å². The van der Waals surface area contributed by atoms with E-state index in [1.165, 1.54) is 22.0 Å². The topological polar surface area (TPSA) is 12.5 Å². The summed E-state index contributed by atoms with van der Waals surface area (Å²) in [5.74, 6) is 1.02. The molecule has 3 heteroatoms. The van der Waals surface area contributed by atoms with Gasteiger partial charge in [-0.3, -0.25) is 0 Å². The highest BCUT2D eigenvalue weighted by Crippen LogP contribution is 2.41. The van der Waals surface area contributed by atoms with Crippen molar-refractivity contribution >= 4 is 24.8 Å². The van der Waals surface area contributed by atoms with Crippen LogP contribution in [0.25, 0.3) is 10.8 Å². The molecule has 2 rings (SSSR count). The van der Waals surface area contributed by atoms with Crippen molar-refractivity contribution in [1.82, 2.24) is 0 Å². The first-order valence-electron chi connectivity index (χ1n) is 7.93. The van der Waals surface area contributed by atoms with Crippen LogP contribution >= 0.6 is 0 Å². The minimum Gasteiger partial charge on any atom is -0.543 e. The van der Waals surface area contributed by atoms with Gasteiger partial charge in [0.15, 0.2) is 0 Å². The maximum Gasteiger partial charge on any atom is 0.250 e. The minimum absolute atomic E-state index is 0.198. The second-order valence-corrected chi connectivity index (χ2v) is 12.6. The lowest BCUT2D eigenvalue weighted by atomic mass is 10.0. The normalized spacial score (nSPS) is 12.5. The highest BCUT2D eigenvalue weighted by atomic mass is 28.4. The van der Waals surface area contributed by atoms with Gasteiger partial charge in [-0.15, -0.1) is 0 Å². The first-order chi connectivity index (χ1) is 10.0. The third kappa shape index (κ3) is 3.00. The number of fused-ring (bicyclic) bond motifs is 1. The van der Waals surface area contributed by atoms with E-state index in [2.05, 4.69) is 90.1 Å². The van der Waals surface area contributed by atoms with Crippen LogP contribution in [-0.2, 0) is 0 Å². The highest BCUT2D eigenvalue weighted by Gasteiger charge is 2.39. The maximum absolute atomic E-state index is 6.59. The number of benzene rings is 2. The number of aryl methyl sites for hydroxylation is 1. The minimum atomic E-state index is -1.84. The van der Waals surface area contributed by atoms with Crippen LogP contribution in [0.3, 0.4) is 0 Å². The smallest absolute Gasteiger partial charge is 0.250 e. The van der Waals surface area contributed by atoms with Crippen molar-refractivity contribution < 1.29 is 4.43 Å². The Morgan fingerprint density at radius 3 is 2.18 bits per heavy atom. The summed E-state index contributed by atoms with van der Waals surface area (Å²) < 4.78 is 6.59. The molecule has 120 valence electrons. The van der Waals surface area contributed by atoms with E-state index in [1.807, 2.05) is 0 Å². The average molecular weight is 316 g/mol. The molecule has 0 heterocycles. The Morgan fingerprint density at radius 2 is 1.64 bits per heavy atom. The number of nitrogens with zero attached hydrogens (tertiary/aromatic N) is 1. The summed E-state index contributed by atoms with van der Waals surface area (Å²) in [4.78, 5) is 2.17. The molecule has 22 heavy (non-hydrogen) atoms. The standard InChI is InChI=1S/C19H29NOSi/c1-14-10-9-11-15-17(21-22(7,8)19(2,3)4)13-12-16(18(14)15)20(5)6/h9-13H,1-8H3. The summed E-state index contributed by atoms with van der Waals surface area (Å²) in [5.41, 5.74) is 2.54. The van der Waals surface area contributed by atoms with E-state index >= 15 is 0 Å². The molecule has 0 atom stereocenters. The molecule has 0 bridgehead atoms. The van der Waals surface area contributed by atoms with Crippen molar-refractivity contribution in [2.24, 2.45) is 0 Å². The van der Waals surface area contributed by atoms with Crippen molar-refractivity contribution in [3.8, 4) is 5.75 Å². The molecule has 0 saturated carbocycles.